The lowest BCUT2D eigenvalue weighted by Crippen LogP contribution is -2.17. The van der Waals surface area contributed by atoms with Crippen molar-refractivity contribution in [3.63, 3.8) is 0 Å². The van der Waals surface area contributed by atoms with Gasteiger partial charge in [-0.05, 0) is 12.1 Å². The van der Waals surface area contributed by atoms with E-state index in [0.29, 0.717) is 12.0 Å². The predicted molar refractivity (Wildman–Crippen MR) is 59.7 cm³/mol. The van der Waals surface area contributed by atoms with Gasteiger partial charge in [-0.3, -0.25) is 5.32 Å². The van der Waals surface area contributed by atoms with Gasteiger partial charge in [-0.1, -0.05) is 18.2 Å². The molecule has 5 heteroatoms. The van der Waals surface area contributed by atoms with Gasteiger partial charge < -0.3 is 10.5 Å². The molecule has 16 heavy (non-hydrogen) atoms. The molecule has 4 nitrogen and oxygen atoms in total. The van der Waals surface area contributed by atoms with Crippen LogP contribution in [0.1, 0.15) is 0 Å². The van der Waals surface area contributed by atoms with Gasteiger partial charge in [0.2, 0.25) is 0 Å². The van der Waals surface area contributed by atoms with E-state index in [1.54, 1.807) is 24.3 Å². The van der Waals surface area contributed by atoms with Crippen molar-refractivity contribution >= 4 is 11.8 Å². The van der Waals surface area contributed by atoms with E-state index >= 15 is 0 Å². The predicted octanol–water partition coefficient (Wildman–Crippen LogP) is 2.05. The van der Waals surface area contributed by atoms with Crippen LogP contribution in [0.3, 0.4) is 0 Å². The number of amides is 1. The second-order valence-corrected chi connectivity index (χ2v) is 3.04. The summed E-state index contributed by atoms with van der Waals surface area (Å²) in [5, 5.41) is 2.49. The number of nitrogens with two attached hydrogens (primary N) is 1. The van der Waals surface area contributed by atoms with Gasteiger partial charge in [-0.25, -0.2) is 9.18 Å². The van der Waals surface area contributed by atoms with Gasteiger partial charge in [0, 0.05) is 17.8 Å². The number of para-hydroxylation sites is 1. The van der Waals surface area contributed by atoms with Crippen molar-refractivity contribution < 1.29 is 13.9 Å². The average molecular weight is 224 g/mol. The zero-order chi connectivity index (χ0) is 11.8. The number of hydrogen-bond donors (Lipinski definition) is 2. The minimum Gasteiger partial charge on any atom is -0.445 e. The molecule has 0 fully saturated rings. The Bertz CT molecular complexity index is 366. The third-order valence-corrected chi connectivity index (χ3v) is 1.83. The van der Waals surface area contributed by atoms with E-state index < -0.39 is 6.09 Å². The molecule has 0 heterocycles. The van der Waals surface area contributed by atoms with Crippen LogP contribution in [0.4, 0.5) is 14.9 Å². The summed E-state index contributed by atoms with van der Waals surface area (Å²) in [4.78, 5) is 11.2. The molecule has 0 aliphatic heterocycles. The maximum Gasteiger partial charge on any atom is 0.411 e. The fourth-order valence-corrected chi connectivity index (χ4v) is 0.969. The van der Waals surface area contributed by atoms with Crippen LogP contribution in [-0.2, 0) is 4.74 Å². The molecule has 1 aromatic carbocycles. The van der Waals surface area contributed by atoms with Crippen molar-refractivity contribution in [2.45, 2.75) is 0 Å². The maximum atomic E-state index is 12.1. The number of carbonyl (C=O) groups excluding carboxylic acids is 1. The Labute approximate surface area is 92.9 Å². The number of nitrogens with one attached hydrogen (secondary N) is 1. The molecule has 0 unspecified atom stereocenters. The summed E-state index contributed by atoms with van der Waals surface area (Å²) in [5.74, 6) is 0. The number of anilines is 1. The summed E-state index contributed by atoms with van der Waals surface area (Å²) in [6.07, 6.45) is -0.297. The standard InChI is InChI=1S/C11H13FN2O2/c12-6-9(7-13)8-16-11(15)14-10-4-2-1-3-5-10/h1-6H,7-8,13H2,(H,14,15)/b9-6-. The van der Waals surface area contributed by atoms with Gasteiger partial charge in [0.15, 0.2) is 0 Å². The average Bonchev–Trinajstić information content (AvgIpc) is 2.31. The molecule has 0 aliphatic carbocycles. The topological polar surface area (TPSA) is 64.3 Å². The number of halogens is 1. The van der Waals surface area contributed by atoms with Gasteiger partial charge in [0.1, 0.15) is 6.61 Å². The van der Waals surface area contributed by atoms with Crippen molar-refractivity contribution in [1.82, 2.24) is 0 Å². The van der Waals surface area contributed by atoms with Gasteiger partial charge in [-0.2, -0.15) is 0 Å². The first-order chi connectivity index (χ1) is 7.76. The highest BCUT2D eigenvalue weighted by Gasteiger charge is 2.03. The van der Waals surface area contributed by atoms with Crippen molar-refractivity contribution in [1.29, 1.82) is 0 Å². The Kier molecular flexibility index (Phi) is 5.01. The minimum absolute atomic E-state index is 0.0229. The third kappa shape index (κ3) is 4.10. The van der Waals surface area contributed by atoms with Crippen LogP contribution in [0.2, 0.25) is 0 Å². The SMILES string of the molecule is NC/C(=C/F)COC(=O)Nc1ccccc1. The summed E-state index contributed by atoms with van der Waals surface area (Å²) < 4.78 is 16.8. The summed E-state index contributed by atoms with van der Waals surface area (Å²) in [7, 11) is 0. The zero-order valence-corrected chi connectivity index (χ0v) is 8.65. The van der Waals surface area contributed by atoms with Crippen LogP contribution in [0.15, 0.2) is 42.2 Å². The quantitative estimate of drug-likeness (QED) is 0.822. The molecule has 0 aliphatic rings. The van der Waals surface area contributed by atoms with Crippen molar-refractivity contribution in [3.8, 4) is 0 Å². The molecule has 0 bridgehead atoms. The molecule has 1 aromatic rings. The Balaban J connectivity index is 2.37. The monoisotopic (exact) mass is 224 g/mol. The summed E-state index contributed by atoms with van der Waals surface area (Å²) in [6, 6.07) is 8.83. The first-order valence-electron chi connectivity index (χ1n) is 4.73. The highest BCUT2D eigenvalue weighted by molar-refractivity contribution is 5.84. The molecule has 0 atom stereocenters. The molecule has 0 saturated heterocycles. The highest BCUT2D eigenvalue weighted by Crippen LogP contribution is 2.05. The van der Waals surface area contributed by atoms with Crippen molar-refractivity contribution in [2.75, 3.05) is 18.5 Å². The van der Waals surface area contributed by atoms with Gasteiger partial charge in [0.05, 0.1) is 6.33 Å². The van der Waals surface area contributed by atoms with E-state index in [4.69, 9.17) is 10.5 Å². The van der Waals surface area contributed by atoms with Crippen LogP contribution >= 0.6 is 0 Å². The third-order valence-electron chi connectivity index (χ3n) is 1.83. The number of carbonyl (C=O) groups is 1. The van der Waals surface area contributed by atoms with E-state index in [0.717, 1.165) is 0 Å². The van der Waals surface area contributed by atoms with Gasteiger partial charge in [-0.15, -0.1) is 0 Å². The summed E-state index contributed by atoms with van der Waals surface area (Å²) >= 11 is 0. The molecule has 0 aromatic heterocycles. The van der Waals surface area contributed by atoms with E-state index in [2.05, 4.69) is 5.32 Å². The number of benzene rings is 1. The van der Waals surface area contributed by atoms with E-state index in [1.165, 1.54) is 0 Å². The highest BCUT2D eigenvalue weighted by atomic mass is 19.1. The molecule has 3 N–H and O–H groups in total. The Morgan fingerprint density at radius 3 is 2.69 bits per heavy atom. The van der Waals surface area contributed by atoms with Crippen molar-refractivity contribution in [2.24, 2.45) is 5.73 Å². The second-order valence-electron chi connectivity index (χ2n) is 3.04. The van der Waals surface area contributed by atoms with Gasteiger partial charge in [0.25, 0.3) is 0 Å². The lowest BCUT2D eigenvalue weighted by atomic mass is 10.3. The first-order valence-corrected chi connectivity index (χ1v) is 4.73. The lowest BCUT2D eigenvalue weighted by Gasteiger charge is -2.07. The molecule has 1 rings (SSSR count). The summed E-state index contributed by atoms with van der Waals surface area (Å²) in [5.41, 5.74) is 6.04. The maximum absolute atomic E-state index is 12.1. The fourth-order valence-electron chi connectivity index (χ4n) is 0.969. The molecule has 0 spiro atoms. The molecule has 1 amide bonds. The Hall–Kier alpha value is -1.88. The Morgan fingerprint density at radius 1 is 1.44 bits per heavy atom. The van der Waals surface area contributed by atoms with Crippen LogP contribution in [-0.4, -0.2) is 19.2 Å². The smallest absolute Gasteiger partial charge is 0.411 e. The molecule has 86 valence electrons. The van der Waals surface area contributed by atoms with E-state index in [-0.39, 0.29) is 18.7 Å². The minimum atomic E-state index is -0.640. The largest absolute Gasteiger partial charge is 0.445 e. The van der Waals surface area contributed by atoms with Crippen LogP contribution in [0.5, 0.6) is 0 Å². The number of rotatable bonds is 4. The zero-order valence-electron chi connectivity index (χ0n) is 8.65. The molecule has 0 radical (unpaired) electrons. The first kappa shape index (κ1) is 12.2. The number of hydrogen-bond acceptors (Lipinski definition) is 3. The van der Waals surface area contributed by atoms with Gasteiger partial charge >= 0.3 is 6.09 Å². The van der Waals surface area contributed by atoms with E-state index in [9.17, 15) is 9.18 Å². The fraction of sp³-hybridized carbons (Fsp3) is 0.182. The van der Waals surface area contributed by atoms with E-state index in [1.807, 2.05) is 6.07 Å². The molecular weight excluding hydrogens is 211 g/mol. The number of ether oxygens (including phenoxy) is 1. The summed E-state index contributed by atoms with van der Waals surface area (Å²) in [6.45, 7) is -0.124. The molecular formula is C11H13FN2O2. The van der Waals surface area contributed by atoms with Crippen LogP contribution in [0, 0.1) is 0 Å². The Morgan fingerprint density at radius 2 is 2.12 bits per heavy atom. The molecule has 0 saturated carbocycles. The van der Waals surface area contributed by atoms with Crippen LogP contribution < -0.4 is 11.1 Å². The van der Waals surface area contributed by atoms with Crippen molar-refractivity contribution in [3.05, 3.63) is 42.2 Å². The lowest BCUT2D eigenvalue weighted by molar-refractivity contribution is 0.171. The van der Waals surface area contributed by atoms with Crippen LogP contribution in [0.25, 0.3) is 0 Å². The second kappa shape index (κ2) is 6.58. The normalized spacial score (nSPS) is 11.0.